The number of guanidine groups is 2. The number of nitrogens with two attached hydrogens (primary N) is 4. The largest absolute Gasteiger partial charge is 0.497 e. The van der Waals surface area contributed by atoms with Gasteiger partial charge in [0.1, 0.15) is 11.5 Å². The molecule has 8 N–H and O–H groups in total. The fraction of sp³-hybridized carbons (Fsp3) is 0.200. The average Bonchev–Trinajstić information content (AvgIpc) is 3.24. The zero-order valence-electron chi connectivity index (χ0n) is 33.1. The van der Waals surface area contributed by atoms with E-state index in [4.69, 9.17) is 55.6 Å². The van der Waals surface area contributed by atoms with E-state index in [-0.39, 0.29) is 46.4 Å². The molecule has 0 atom stereocenters. The Morgan fingerprint density at radius 1 is 0.583 bits per heavy atom. The highest BCUT2D eigenvalue weighted by molar-refractivity contribution is 7.89. The molecule has 6 aromatic rings. The molecule has 16 nitrogen and oxygen atoms in total. The number of hydrogen-bond donors (Lipinski definition) is 4. The van der Waals surface area contributed by atoms with E-state index in [9.17, 15) is 16.8 Å². The molecule has 0 aliphatic heterocycles. The van der Waals surface area contributed by atoms with Crippen molar-refractivity contribution >= 4 is 88.3 Å². The van der Waals surface area contributed by atoms with Crippen LogP contribution in [0.3, 0.4) is 0 Å². The summed E-state index contributed by atoms with van der Waals surface area (Å²) in [7, 11) is -4.43. The highest BCUT2D eigenvalue weighted by Gasteiger charge is 2.26. The lowest BCUT2D eigenvalue weighted by Crippen LogP contribution is -2.30. The average molecular weight is 896 g/mol. The third-order valence-corrected chi connectivity index (χ3v) is 13.5. The van der Waals surface area contributed by atoms with Gasteiger partial charge in [0.2, 0.25) is 20.0 Å². The molecule has 0 fully saturated rings. The van der Waals surface area contributed by atoms with Crippen LogP contribution in [0, 0.1) is 0 Å². The molecule has 0 aliphatic rings. The molecule has 60 heavy (non-hydrogen) atoms. The zero-order chi connectivity index (χ0) is 43.8. The van der Waals surface area contributed by atoms with Gasteiger partial charge in [0.25, 0.3) is 0 Å². The van der Waals surface area contributed by atoms with Crippen LogP contribution in [0.2, 0.25) is 10.0 Å². The summed E-state index contributed by atoms with van der Waals surface area (Å²) in [6, 6.07) is 23.7. The number of sulfonamides is 2. The van der Waals surface area contributed by atoms with Gasteiger partial charge < -0.3 is 32.4 Å². The quantitative estimate of drug-likeness (QED) is 0.0724. The first-order valence-electron chi connectivity index (χ1n) is 18.1. The fourth-order valence-electron chi connectivity index (χ4n) is 5.99. The van der Waals surface area contributed by atoms with E-state index < -0.39 is 20.0 Å². The van der Waals surface area contributed by atoms with E-state index in [1.54, 1.807) is 64.5 Å². The monoisotopic (exact) mass is 894 g/mol. The predicted octanol–water partition coefficient (Wildman–Crippen LogP) is 6.03. The second-order valence-corrected chi connectivity index (χ2v) is 17.6. The second kappa shape index (κ2) is 19.5. The van der Waals surface area contributed by atoms with Crippen molar-refractivity contribution in [2.45, 2.75) is 36.7 Å². The summed E-state index contributed by atoms with van der Waals surface area (Å²) in [6.45, 7) is 4.59. The highest BCUT2D eigenvalue weighted by Crippen LogP contribution is 2.34. The first-order chi connectivity index (χ1) is 28.5. The molecule has 0 amide bonds. The number of methoxy groups -OCH3 is 2. The number of nitrogens with zero attached hydrogens (tertiary/aromatic N) is 6. The molecule has 316 valence electrons. The third-order valence-electron chi connectivity index (χ3n) is 9.07. The Morgan fingerprint density at radius 3 is 1.23 bits per heavy atom. The predicted molar refractivity (Wildman–Crippen MR) is 237 cm³/mol. The van der Waals surface area contributed by atoms with Gasteiger partial charge in [-0.3, -0.25) is 0 Å². The normalized spacial score (nSPS) is 11.6. The molecule has 4 aromatic carbocycles. The fourth-order valence-corrected chi connectivity index (χ4v) is 9.35. The topological polar surface area (TPSA) is 248 Å². The van der Waals surface area contributed by atoms with Crippen LogP contribution in [0.5, 0.6) is 11.5 Å². The molecule has 0 radical (unpaired) electrons. The summed E-state index contributed by atoms with van der Waals surface area (Å²) < 4.78 is 66.3. The van der Waals surface area contributed by atoms with E-state index in [1.807, 2.05) is 24.3 Å². The molecule has 20 heteroatoms. The Morgan fingerprint density at radius 2 is 0.933 bits per heavy atom. The van der Waals surface area contributed by atoms with Gasteiger partial charge in [-0.05, 0) is 59.7 Å². The first kappa shape index (κ1) is 45.3. The van der Waals surface area contributed by atoms with E-state index in [1.165, 1.54) is 45.3 Å². The first-order valence-corrected chi connectivity index (χ1v) is 21.8. The minimum Gasteiger partial charge on any atom is -0.497 e. The van der Waals surface area contributed by atoms with Crippen LogP contribution in [-0.2, 0) is 33.1 Å². The minimum atomic E-state index is -3.79. The standard InChI is InChI=1S/2C20H22ClN5O3S/c2*1-3-26(12-13-4-6-14(29-2)7-5-13)30(27,28)15-8-9-16-17(10-15)19(25-20(22)23)24-11-18(16)21/h2*4-11H,3,12H2,1-2H3,(H4,22,23,24,25). The van der Waals surface area contributed by atoms with E-state index in [0.29, 0.717) is 56.2 Å². The second-order valence-electron chi connectivity index (χ2n) is 12.9. The Labute approximate surface area is 358 Å². The molecular formula is C40H44Cl2N10O6S2. The molecular weight excluding hydrogens is 852 g/mol. The molecule has 6 rings (SSSR count). The van der Waals surface area contributed by atoms with Crippen molar-refractivity contribution in [1.82, 2.24) is 18.6 Å². The molecule has 2 aromatic heterocycles. The van der Waals surface area contributed by atoms with Crippen molar-refractivity contribution in [2.75, 3.05) is 27.3 Å². The maximum Gasteiger partial charge on any atom is 0.243 e. The number of aliphatic imine (C=N–C) groups is 2. The van der Waals surface area contributed by atoms with E-state index in [0.717, 1.165) is 11.1 Å². The van der Waals surface area contributed by atoms with E-state index >= 15 is 0 Å². The zero-order valence-corrected chi connectivity index (χ0v) is 36.2. The smallest absolute Gasteiger partial charge is 0.243 e. The van der Waals surface area contributed by atoms with Crippen molar-refractivity contribution in [3.63, 3.8) is 0 Å². The van der Waals surface area contributed by atoms with Crippen LogP contribution in [-0.4, -0.2) is 74.6 Å². The molecule has 0 saturated heterocycles. The Kier molecular flexibility index (Phi) is 14.8. The maximum atomic E-state index is 13.3. The summed E-state index contributed by atoms with van der Waals surface area (Å²) >= 11 is 12.4. The van der Waals surface area contributed by atoms with Gasteiger partial charge in [-0.25, -0.2) is 26.8 Å². The lowest BCUT2D eigenvalue weighted by Gasteiger charge is -2.21. The van der Waals surface area contributed by atoms with E-state index in [2.05, 4.69) is 20.0 Å². The van der Waals surface area contributed by atoms with Crippen LogP contribution in [0.4, 0.5) is 11.6 Å². The minimum absolute atomic E-state index is 0.0986. The van der Waals surface area contributed by atoms with Gasteiger partial charge in [-0.2, -0.15) is 18.6 Å². The van der Waals surface area contributed by atoms with Gasteiger partial charge in [-0.1, -0.05) is 73.4 Å². The molecule has 0 bridgehead atoms. The van der Waals surface area contributed by atoms with Crippen LogP contribution >= 0.6 is 23.2 Å². The summed E-state index contributed by atoms with van der Waals surface area (Å²) in [5, 5.41) is 2.82. The third kappa shape index (κ3) is 10.5. The van der Waals surface area contributed by atoms with Crippen LogP contribution in [0.1, 0.15) is 25.0 Å². The summed E-state index contributed by atoms with van der Waals surface area (Å²) in [5.41, 5.74) is 23.6. The lowest BCUT2D eigenvalue weighted by molar-refractivity contribution is 0.411. The van der Waals surface area contributed by atoms with Crippen molar-refractivity contribution in [3.05, 3.63) is 118 Å². The summed E-state index contributed by atoms with van der Waals surface area (Å²) in [5.74, 6) is 1.43. The number of hydrogen-bond acceptors (Lipinski definition) is 10. The Bertz CT molecular complexity index is 2580. The highest BCUT2D eigenvalue weighted by atomic mass is 35.5. The number of ether oxygens (including phenoxy) is 2. The molecule has 0 spiro atoms. The van der Waals surface area contributed by atoms with Crippen LogP contribution in [0.25, 0.3) is 21.5 Å². The van der Waals surface area contributed by atoms with Gasteiger partial charge in [0.15, 0.2) is 23.6 Å². The van der Waals surface area contributed by atoms with Gasteiger partial charge >= 0.3 is 0 Å². The number of pyridine rings is 2. The summed E-state index contributed by atoms with van der Waals surface area (Å²) in [6.07, 6.45) is 2.84. The Hall–Kier alpha value is -5.76. The summed E-state index contributed by atoms with van der Waals surface area (Å²) in [4.78, 5) is 16.4. The number of aromatic nitrogens is 2. The maximum absolute atomic E-state index is 13.3. The Balaban J connectivity index is 0.000000228. The van der Waals surface area contributed by atoms with Gasteiger partial charge in [0, 0.05) is 60.1 Å². The van der Waals surface area contributed by atoms with Gasteiger partial charge in [0.05, 0.1) is 34.1 Å². The van der Waals surface area contributed by atoms with Crippen molar-refractivity contribution in [1.29, 1.82) is 0 Å². The van der Waals surface area contributed by atoms with Crippen molar-refractivity contribution < 1.29 is 26.3 Å². The van der Waals surface area contributed by atoms with Crippen LogP contribution in [0.15, 0.2) is 117 Å². The molecule has 0 aliphatic carbocycles. The number of benzene rings is 4. The van der Waals surface area contributed by atoms with Crippen LogP contribution < -0.4 is 32.4 Å². The number of fused-ring (bicyclic) bond motifs is 2. The lowest BCUT2D eigenvalue weighted by atomic mass is 10.1. The van der Waals surface area contributed by atoms with Gasteiger partial charge in [-0.15, -0.1) is 0 Å². The molecule has 0 saturated carbocycles. The number of halogens is 2. The van der Waals surface area contributed by atoms with Crippen molar-refractivity contribution in [2.24, 2.45) is 32.9 Å². The molecule has 2 heterocycles. The number of rotatable bonds is 14. The molecule has 0 unspecified atom stereocenters. The van der Waals surface area contributed by atoms with Crippen molar-refractivity contribution in [3.8, 4) is 11.5 Å². The SMILES string of the molecule is CCN(Cc1ccc(OC)cc1)S(=O)(=O)c1ccc2c(Cl)cnc(N=C(N)N)c2c1.CCN(Cc1ccc(OC)cc1)S(=O)(=O)c1ccc2c(Cl)cnc(N=C(N)N)c2c1.